The van der Waals surface area contributed by atoms with Gasteiger partial charge in [-0.3, -0.25) is 0 Å². The van der Waals surface area contributed by atoms with Gasteiger partial charge in [0.25, 0.3) is 0 Å². The number of nitrogens with one attached hydrogen (secondary N) is 1. The number of rotatable bonds is 6. The van der Waals surface area contributed by atoms with Gasteiger partial charge in [-0.1, -0.05) is 12.1 Å². The van der Waals surface area contributed by atoms with Gasteiger partial charge in [-0.15, -0.1) is 0 Å². The first kappa shape index (κ1) is 17.6. The van der Waals surface area contributed by atoms with E-state index in [1.54, 1.807) is 18.2 Å². The van der Waals surface area contributed by atoms with Gasteiger partial charge in [-0.2, -0.15) is 0 Å². The monoisotopic (exact) mass is 321 g/mol. The Morgan fingerprint density at radius 1 is 1.35 bits per heavy atom. The Balaban J connectivity index is 2.05. The van der Waals surface area contributed by atoms with Crippen LogP contribution in [0.2, 0.25) is 0 Å². The zero-order valence-corrected chi connectivity index (χ0v) is 14.1. The molecule has 0 aromatic heterocycles. The van der Waals surface area contributed by atoms with Gasteiger partial charge in [-0.25, -0.2) is 4.79 Å². The van der Waals surface area contributed by atoms with Gasteiger partial charge in [0.15, 0.2) is 0 Å². The molecule has 0 aliphatic heterocycles. The topological polar surface area (TPSA) is 78.8 Å². The van der Waals surface area contributed by atoms with Crippen LogP contribution in [0.15, 0.2) is 24.3 Å². The van der Waals surface area contributed by atoms with Gasteiger partial charge >= 0.3 is 6.09 Å². The Morgan fingerprint density at radius 2 is 2.04 bits per heavy atom. The summed E-state index contributed by atoms with van der Waals surface area (Å²) in [5.74, 6) is 0.593. The van der Waals surface area contributed by atoms with Gasteiger partial charge in [0.1, 0.15) is 11.4 Å². The summed E-state index contributed by atoms with van der Waals surface area (Å²) in [7, 11) is 0. The van der Waals surface area contributed by atoms with Crippen molar-refractivity contribution in [3.05, 3.63) is 29.8 Å². The summed E-state index contributed by atoms with van der Waals surface area (Å²) in [4.78, 5) is 11.9. The van der Waals surface area contributed by atoms with E-state index in [-0.39, 0.29) is 12.4 Å². The van der Waals surface area contributed by atoms with Crippen molar-refractivity contribution in [2.75, 3.05) is 13.2 Å². The Bertz CT molecular complexity index is 548. The number of hydrogen-bond donors (Lipinski definition) is 3. The normalized spacial score (nSPS) is 17.4. The molecule has 1 aliphatic carbocycles. The molecule has 1 unspecified atom stereocenters. The highest BCUT2D eigenvalue weighted by Crippen LogP contribution is 2.47. The van der Waals surface area contributed by atoms with Crippen LogP contribution in [0.25, 0.3) is 0 Å². The average Bonchev–Trinajstić information content (AvgIpc) is 3.26. The smallest absolute Gasteiger partial charge is 0.407 e. The number of hydrogen-bond acceptors (Lipinski definition) is 4. The van der Waals surface area contributed by atoms with Crippen LogP contribution in [0, 0.1) is 11.3 Å². The third kappa shape index (κ3) is 5.13. The molecule has 5 heteroatoms. The van der Waals surface area contributed by atoms with Gasteiger partial charge in [0, 0.05) is 12.0 Å². The van der Waals surface area contributed by atoms with Crippen LogP contribution in [-0.2, 0) is 11.2 Å². The van der Waals surface area contributed by atoms with Gasteiger partial charge in [-0.05, 0) is 63.6 Å². The maximum absolute atomic E-state index is 11.9. The van der Waals surface area contributed by atoms with Crippen molar-refractivity contribution in [2.24, 2.45) is 11.3 Å². The van der Waals surface area contributed by atoms with Crippen molar-refractivity contribution < 1.29 is 19.7 Å². The van der Waals surface area contributed by atoms with Crippen molar-refractivity contribution in [3.63, 3.8) is 0 Å². The SMILES string of the molecule is CC(C)(C)OC(=O)NCC(CO)(Cc1cccc(O)c1)C1CC1. The highest BCUT2D eigenvalue weighted by Gasteiger charge is 2.45. The van der Waals surface area contributed by atoms with Crippen LogP contribution in [0.3, 0.4) is 0 Å². The second kappa shape index (κ2) is 6.79. The fourth-order valence-electron chi connectivity index (χ4n) is 2.92. The van der Waals surface area contributed by atoms with Gasteiger partial charge in [0.05, 0.1) is 6.61 Å². The highest BCUT2D eigenvalue weighted by molar-refractivity contribution is 5.67. The van der Waals surface area contributed by atoms with Crippen molar-refractivity contribution in [1.29, 1.82) is 0 Å². The molecule has 0 spiro atoms. The average molecular weight is 321 g/mol. The van der Waals surface area contributed by atoms with E-state index >= 15 is 0 Å². The first-order valence-corrected chi connectivity index (χ1v) is 8.10. The lowest BCUT2D eigenvalue weighted by Crippen LogP contribution is -2.44. The Kier molecular flexibility index (Phi) is 5.19. The molecular weight excluding hydrogens is 294 g/mol. The number of phenolic OH excluding ortho intramolecular Hbond substituents is 1. The Hall–Kier alpha value is -1.75. The summed E-state index contributed by atoms with van der Waals surface area (Å²) in [6, 6.07) is 7.06. The molecule has 1 aromatic carbocycles. The van der Waals surface area contributed by atoms with Crippen LogP contribution >= 0.6 is 0 Å². The summed E-state index contributed by atoms with van der Waals surface area (Å²) in [6.45, 7) is 5.81. The lowest BCUT2D eigenvalue weighted by molar-refractivity contribution is 0.0439. The summed E-state index contributed by atoms with van der Waals surface area (Å²) in [5, 5.41) is 22.4. The van der Waals surface area contributed by atoms with E-state index < -0.39 is 17.1 Å². The van der Waals surface area contributed by atoms with E-state index in [1.807, 2.05) is 26.8 Å². The molecule has 0 saturated heterocycles. The van der Waals surface area contributed by atoms with E-state index in [0.29, 0.717) is 18.9 Å². The van der Waals surface area contributed by atoms with Crippen molar-refractivity contribution in [3.8, 4) is 5.75 Å². The maximum atomic E-state index is 11.9. The molecule has 1 fully saturated rings. The molecule has 0 heterocycles. The van der Waals surface area contributed by atoms with Crippen molar-refractivity contribution in [1.82, 2.24) is 5.32 Å². The predicted molar refractivity (Wildman–Crippen MR) is 88.3 cm³/mol. The molecule has 0 radical (unpaired) electrons. The first-order valence-electron chi connectivity index (χ1n) is 8.10. The molecule has 1 saturated carbocycles. The molecular formula is C18H27NO4. The Morgan fingerprint density at radius 3 is 2.57 bits per heavy atom. The van der Waals surface area contributed by atoms with E-state index in [4.69, 9.17) is 4.74 Å². The third-order valence-corrected chi connectivity index (χ3v) is 4.21. The zero-order valence-electron chi connectivity index (χ0n) is 14.1. The molecule has 0 bridgehead atoms. The van der Waals surface area contributed by atoms with Crippen LogP contribution in [0.1, 0.15) is 39.2 Å². The third-order valence-electron chi connectivity index (χ3n) is 4.21. The number of alkyl carbamates (subject to hydrolysis) is 1. The van der Waals surface area contributed by atoms with Gasteiger partial charge in [0.2, 0.25) is 0 Å². The van der Waals surface area contributed by atoms with E-state index in [9.17, 15) is 15.0 Å². The maximum Gasteiger partial charge on any atom is 0.407 e. The Labute approximate surface area is 137 Å². The number of ether oxygens (including phenoxy) is 1. The number of aliphatic hydroxyl groups excluding tert-OH is 1. The number of amides is 1. The number of benzene rings is 1. The summed E-state index contributed by atoms with van der Waals surface area (Å²) < 4.78 is 5.28. The number of carbonyl (C=O) groups is 1. The van der Waals surface area contributed by atoms with E-state index in [0.717, 1.165) is 18.4 Å². The molecule has 5 nitrogen and oxygen atoms in total. The first-order chi connectivity index (χ1) is 10.7. The summed E-state index contributed by atoms with van der Waals surface area (Å²) >= 11 is 0. The number of phenols is 1. The second-order valence-corrected chi connectivity index (χ2v) is 7.50. The molecule has 1 aromatic rings. The van der Waals surface area contributed by atoms with Crippen LogP contribution in [-0.4, -0.2) is 35.1 Å². The fraction of sp³-hybridized carbons (Fsp3) is 0.611. The predicted octanol–water partition coefficient (Wildman–Crippen LogP) is 2.85. The molecule has 3 N–H and O–H groups in total. The molecule has 2 rings (SSSR count). The zero-order chi connectivity index (χ0) is 17.1. The fourth-order valence-corrected chi connectivity index (χ4v) is 2.92. The molecule has 128 valence electrons. The largest absolute Gasteiger partial charge is 0.508 e. The summed E-state index contributed by atoms with van der Waals surface area (Å²) in [6.07, 6.45) is 2.25. The molecule has 23 heavy (non-hydrogen) atoms. The number of aromatic hydroxyl groups is 1. The lowest BCUT2D eigenvalue weighted by atomic mass is 9.77. The second-order valence-electron chi connectivity index (χ2n) is 7.50. The minimum absolute atomic E-state index is 0.0108. The number of aliphatic hydroxyl groups is 1. The van der Waals surface area contributed by atoms with Crippen LogP contribution in [0.4, 0.5) is 4.79 Å². The minimum Gasteiger partial charge on any atom is -0.508 e. The standard InChI is InChI=1S/C18H27NO4/c1-17(2,3)23-16(22)19-11-18(12-20,14-7-8-14)10-13-5-4-6-15(21)9-13/h4-6,9,14,20-21H,7-8,10-12H2,1-3H3,(H,19,22). The lowest BCUT2D eigenvalue weighted by Gasteiger charge is -2.33. The van der Waals surface area contributed by atoms with Crippen LogP contribution < -0.4 is 5.32 Å². The quantitative estimate of drug-likeness (QED) is 0.753. The van der Waals surface area contributed by atoms with Gasteiger partial charge < -0.3 is 20.3 Å². The molecule has 1 aliphatic rings. The van der Waals surface area contributed by atoms with Crippen LogP contribution in [0.5, 0.6) is 5.75 Å². The number of carbonyl (C=O) groups excluding carboxylic acids is 1. The van der Waals surface area contributed by atoms with E-state index in [1.165, 1.54) is 0 Å². The van der Waals surface area contributed by atoms with Crippen molar-refractivity contribution in [2.45, 2.75) is 45.6 Å². The minimum atomic E-state index is -0.545. The van der Waals surface area contributed by atoms with Crippen molar-refractivity contribution >= 4 is 6.09 Å². The highest BCUT2D eigenvalue weighted by atomic mass is 16.6. The molecule has 1 amide bonds. The summed E-state index contributed by atoms with van der Waals surface area (Å²) in [5.41, 5.74) is -0.00139. The van der Waals surface area contributed by atoms with E-state index in [2.05, 4.69) is 5.32 Å². The molecule has 1 atom stereocenters.